The van der Waals surface area contributed by atoms with Gasteiger partial charge in [0.1, 0.15) is 0 Å². The van der Waals surface area contributed by atoms with Crippen LogP contribution in [-0.4, -0.2) is 0 Å². The lowest BCUT2D eigenvalue weighted by atomic mass is 9.90. The molecule has 1 aromatic carbocycles. The number of hydrogen-bond donors (Lipinski definition) is 0. The smallest absolute Gasteiger partial charge is 0.0136 e. The quantitative estimate of drug-likeness (QED) is 0.589. The standard InChI is InChI=1S/C12H16/c1-10-6-5-9-12(10)11-7-3-2-4-8-11/h2-4,7-8,10,12H,5-6,9H2,1H3/t10-,12-/m1/s1. The van der Waals surface area contributed by atoms with Crippen molar-refractivity contribution in [1.82, 2.24) is 0 Å². The van der Waals surface area contributed by atoms with Crippen LogP contribution < -0.4 is 0 Å². The molecule has 0 radical (unpaired) electrons. The second kappa shape index (κ2) is 3.30. The van der Waals surface area contributed by atoms with E-state index in [9.17, 15) is 0 Å². The molecule has 0 bridgehead atoms. The molecule has 0 unspecified atom stereocenters. The average molecular weight is 160 g/mol. The molecule has 0 saturated heterocycles. The molecule has 0 aliphatic heterocycles. The Morgan fingerprint density at radius 3 is 2.42 bits per heavy atom. The highest BCUT2D eigenvalue weighted by Gasteiger charge is 2.24. The number of hydrogen-bond acceptors (Lipinski definition) is 0. The van der Waals surface area contributed by atoms with Crippen LogP contribution in [-0.2, 0) is 0 Å². The molecular weight excluding hydrogens is 144 g/mol. The number of rotatable bonds is 1. The van der Waals surface area contributed by atoms with Gasteiger partial charge in [-0.2, -0.15) is 0 Å². The molecule has 1 aliphatic carbocycles. The van der Waals surface area contributed by atoms with E-state index in [2.05, 4.69) is 37.3 Å². The van der Waals surface area contributed by atoms with Crippen molar-refractivity contribution in [2.45, 2.75) is 32.1 Å². The van der Waals surface area contributed by atoms with Crippen LogP contribution in [0.1, 0.15) is 37.7 Å². The highest BCUT2D eigenvalue weighted by atomic mass is 14.3. The highest BCUT2D eigenvalue weighted by molar-refractivity contribution is 5.20. The summed E-state index contributed by atoms with van der Waals surface area (Å²) in [6.45, 7) is 2.38. The van der Waals surface area contributed by atoms with E-state index in [0.717, 1.165) is 11.8 Å². The molecule has 1 fully saturated rings. The van der Waals surface area contributed by atoms with Crippen molar-refractivity contribution < 1.29 is 0 Å². The van der Waals surface area contributed by atoms with Crippen LogP contribution in [0.3, 0.4) is 0 Å². The van der Waals surface area contributed by atoms with Gasteiger partial charge in [-0.1, -0.05) is 50.1 Å². The Morgan fingerprint density at radius 1 is 1.08 bits per heavy atom. The lowest BCUT2D eigenvalue weighted by Crippen LogP contribution is -2.00. The topological polar surface area (TPSA) is 0 Å². The summed E-state index contributed by atoms with van der Waals surface area (Å²) in [4.78, 5) is 0. The van der Waals surface area contributed by atoms with Gasteiger partial charge in [0.15, 0.2) is 0 Å². The predicted octanol–water partition coefficient (Wildman–Crippen LogP) is 3.59. The Hall–Kier alpha value is -0.780. The zero-order valence-corrected chi connectivity index (χ0v) is 7.66. The van der Waals surface area contributed by atoms with Gasteiger partial charge < -0.3 is 0 Å². The zero-order valence-electron chi connectivity index (χ0n) is 7.66. The third-order valence-electron chi connectivity index (χ3n) is 3.09. The van der Waals surface area contributed by atoms with E-state index in [-0.39, 0.29) is 0 Å². The summed E-state index contributed by atoms with van der Waals surface area (Å²) in [5.41, 5.74) is 1.54. The molecule has 1 saturated carbocycles. The zero-order chi connectivity index (χ0) is 8.39. The second-order valence-corrected chi connectivity index (χ2v) is 3.93. The first kappa shape index (κ1) is 7.85. The van der Waals surface area contributed by atoms with Gasteiger partial charge in [0.25, 0.3) is 0 Å². The van der Waals surface area contributed by atoms with Crippen molar-refractivity contribution in [3.05, 3.63) is 35.9 Å². The van der Waals surface area contributed by atoms with Gasteiger partial charge in [-0.15, -0.1) is 0 Å². The van der Waals surface area contributed by atoms with Crippen LogP contribution >= 0.6 is 0 Å². The highest BCUT2D eigenvalue weighted by Crippen LogP contribution is 2.38. The average Bonchev–Trinajstić information content (AvgIpc) is 2.53. The minimum atomic E-state index is 0.839. The molecule has 0 heteroatoms. The SMILES string of the molecule is C[C@@H]1CCC[C@H]1c1ccccc1. The molecule has 0 spiro atoms. The fraction of sp³-hybridized carbons (Fsp3) is 0.500. The number of benzene rings is 1. The predicted molar refractivity (Wildman–Crippen MR) is 52.2 cm³/mol. The summed E-state index contributed by atoms with van der Waals surface area (Å²) in [6, 6.07) is 10.9. The molecule has 1 aliphatic rings. The lowest BCUT2D eigenvalue weighted by molar-refractivity contribution is 0.533. The van der Waals surface area contributed by atoms with Crippen molar-refractivity contribution >= 4 is 0 Å². The van der Waals surface area contributed by atoms with E-state index in [0.29, 0.717) is 0 Å². The van der Waals surface area contributed by atoms with Crippen molar-refractivity contribution in [3.63, 3.8) is 0 Å². The van der Waals surface area contributed by atoms with E-state index < -0.39 is 0 Å². The third-order valence-corrected chi connectivity index (χ3v) is 3.09. The largest absolute Gasteiger partial charge is 0.0622 e. The molecule has 0 amide bonds. The minimum absolute atomic E-state index is 0.839. The third kappa shape index (κ3) is 1.38. The summed E-state index contributed by atoms with van der Waals surface area (Å²) in [5.74, 6) is 1.73. The van der Waals surface area contributed by atoms with Crippen LogP contribution in [0.25, 0.3) is 0 Å². The Kier molecular flexibility index (Phi) is 2.16. The molecule has 64 valence electrons. The molecule has 0 aromatic heterocycles. The van der Waals surface area contributed by atoms with Crippen LogP contribution in [0, 0.1) is 5.92 Å². The Bertz CT molecular complexity index is 237. The van der Waals surface area contributed by atoms with Gasteiger partial charge in [0.05, 0.1) is 0 Å². The minimum Gasteiger partial charge on any atom is -0.0622 e. The van der Waals surface area contributed by atoms with Gasteiger partial charge in [-0.25, -0.2) is 0 Å². The normalized spacial score (nSPS) is 29.1. The summed E-state index contributed by atoms with van der Waals surface area (Å²) < 4.78 is 0. The lowest BCUT2D eigenvalue weighted by Gasteiger charge is -2.14. The molecule has 12 heavy (non-hydrogen) atoms. The Labute approximate surface area is 74.6 Å². The molecule has 0 nitrogen and oxygen atoms in total. The van der Waals surface area contributed by atoms with E-state index in [4.69, 9.17) is 0 Å². The van der Waals surface area contributed by atoms with E-state index in [1.807, 2.05) is 0 Å². The van der Waals surface area contributed by atoms with E-state index in [1.54, 1.807) is 5.56 Å². The fourth-order valence-corrected chi connectivity index (χ4v) is 2.34. The van der Waals surface area contributed by atoms with Gasteiger partial charge in [-0.05, 0) is 23.8 Å². The summed E-state index contributed by atoms with van der Waals surface area (Å²) in [7, 11) is 0. The first-order valence-electron chi connectivity index (χ1n) is 4.93. The van der Waals surface area contributed by atoms with Crippen molar-refractivity contribution in [1.29, 1.82) is 0 Å². The van der Waals surface area contributed by atoms with Crippen molar-refractivity contribution in [3.8, 4) is 0 Å². The van der Waals surface area contributed by atoms with Crippen LogP contribution in [0.5, 0.6) is 0 Å². The maximum Gasteiger partial charge on any atom is -0.0136 e. The first-order chi connectivity index (χ1) is 5.88. The first-order valence-corrected chi connectivity index (χ1v) is 4.93. The fourth-order valence-electron chi connectivity index (χ4n) is 2.34. The van der Waals surface area contributed by atoms with Crippen molar-refractivity contribution in [2.24, 2.45) is 5.92 Å². The summed E-state index contributed by atoms with van der Waals surface area (Å²) in [5, 5.41) is 0. The Balaban J connectivity index is 2.19. The summed E-state index contributed by atoms with van der Waals surface area (Å²) >= 11 is 0. The maximum atomic E-state index is 2.38. The van der Waals surface area contributed by atoms with Crippen LogP contribution in [0.4, 0.5) is 0 Å². The van der Waals surface area contributed by atoms with Gasteiger partial charge in [-0.3, -0.25) is 0 Å². The van der Waals surface area contributed by atoms with Crippen molar-refractivity contribution in [2.75, 3.05) is 0 Å². The molecule has 2 rings (SSSR count). The maximum absolute atomic E-state index is 2.38. The molecule has 1 aromatic rings. The molecular formula is C12H16. The van der Waals surface area contributed by atoms with Gasteiger partial charge >= 0.3 is 0 Å². The molecule has 0 N–H and O–H groups in total. The van der Waals surface area contributed by atoms with E-state index in [1.165, 1.54) is 19.3 Å². The molecule has 0 heterocycles. The van der Waals surface area contributed by atoms with E-state index >= 15 is 0 Å². The summed E-state index contributed by atoms with van der Waals surface area (Å²) in [6.07, 6.45) is 4.23. The van der Waals surface area contributed by atoms with Crippen LogP contribution in [0.2, 0.25) is 0 Å². The van der Waals surface area contributed by atoms with Crippen LogP contribution in [0.15, 0.2) is 30.3 Å². The Morgan fingerprint density at radius 2 is 1.83 bits per heavy atom. The molecule has 2 atom stereocenters. The van der Waals surface area contributed by atoms with Gasteiger partial charge in [0, 0.05) is 0 Å². The van der Waals surface area contributed by atoms with Gasteiger partial charge in [0.2, 0.25) is 0 Å². The second-order valence-electron chi connectivity index (χ2n) is 3.93. The monoisotopic (exact) mass is 160 g/mol.